The molecule has 0 atom stereocenters. The zero-order valence-corrected chi connectivity index (χ0v) is 10.1. The first kappa shape index (κ1) is 11.7. The van der Waals surface area contributed by atoms with E-state index in [1.807, 2.05) is 11.9 Å². The number of halogens is 1. The minimum Gasteiger partial charge on any atom is -0.508 e. The van der Waals surface area contributed by atoms with Crippen LogP contribution >= 0.6 is 11.6 Å². The fourth-order valence-electron chi connectivity index (χ4n) is 1.40. The molecule has 0 spiro atoms. The highest BCUT2D eigenvalue weighted by atomic mass is 35.5. The van der Waals surface area contributed by atoms with Crippen molar-refractivity contribution in [1.29, 1.82) is 0 Å². The fourth-order valence-corrected chi connectivity index (χ4v) is 1.65. The maximum Gasteiger partial charge on any atom is 0.244 e. The summed E-state index contributed by atoms with van der Waals surface area (Å²) in [5.41, 5.74) is 0.876. The number of hydrogen-bond donors (Lipinski definition) is 2. The zero-order valence-electron chi connectivity index (χ0n) is 9.39. The number of aromatic hydroxyl groups is 1. The van der Waals surface area contributed by atoms with E-state index in [4.69, 9.17) is 11.6 Å². The lowest BCUT2D eigenvalue weighted by Crippen LogP contribution is -2.20. The standard InChI is InChI=1S/C11H13ClN4O/c1-16(7-6-12)11-13-10(14-15-11)8-2-4-9(17)5-3-8/h2-5,17H,6-7H2,1H3,(H,13,14,15). The van der Waals surface area contributed by atoms with Crippen LogP contribution in [0.3, 0.4) is 0 Å². The molecule has 6 heteroatoms. The first-order valence-corrected chi connectivity index (χ1v) is 5.73. The molecule has 17 heavy (non-hydrogen) atoms. The third kappa shape index (κ3) is 2.68. The Balaban J connectivity index is 2.20. The van der Waals surface area contributed by atoms with Gasteiger partial charge in [0, 0.05) is 25.0 Å². The summed E-state index contributed by atoms with van der Waals surface area (Å²) in [7, 11) is 1.88. The predicted molar refractivity (Wildman–Crippen MR) is 67.5 cm³/mol. The Bertz CT molecular complexity index is 482. The average molecular weight is 253 g/mol. The van der Waals surface area contributed by atoms with Gasteiger partial charge in [-0.05, 0) is 24.3 Å². The number of hydrogen-bond acceptors (Lipinski definition) is 4. The van der Waals surface area contributed by atoms with Crippen LogP contribution in [0.5, 0.6) is 5.75 Å². The highest BCUT2D eigenvalue weighted by molar-refractivity contribution is 6.18. The van der Waals surface area contributed by atoms with Crippen LogP contribution < -0.4 is 4.90 Å². The Kier molecular flexibility index (Phi) is 3.49. The van der Waals surface area contributed by atoms with Crippen LogP contribution in [0.15, 0.2) is 24.3 Å². The Labute approximate surface area is 104 Å². The number of anilines is 1. The molecule has 2 rings (SSSR count). The van der Waals surface area contributed by atoms with Gasteiger partial charge < -0.3 is 10.0 Å². The number of phenolic OH excluding ortho intramolecular Hbond substituents is 1. The van der Waals surface area contributed by atoms with Gasteiger partial charge in [-0.15, -0.1) is 16.7 Å². The Morgan fingerprint density at radius 3 is 2.71 bits per heavy atom. The first-order valence-electron chi connectivity index (χ1n) is 5.19. The molecule has 0 unspecified atom stereocenters. The van der Waals surface area contributed by atoms with Crippen LogP contribution in [0.4, 0.5) is 5.95 Å². The summed E-state index contributed by atoms with van der Waals surface area (Å²) < 4.78 is 0. The number of H-pyrrole nitrogens is 1. The average Bonchev–Trinajstić information content (AvgIpc) is 2.80. The van der Waals surface area contributed by atoms with Crippen molar-refractivity contribution in [2.24, 2.45) is 0 Å². The van der Waals surface area contributed by atoms with E-state index in [0.717, 1.165) is 5.56 Å². The van der Waals surface area contributed by atoms with Gasteiger partial charge >= 0.3 is 0 Å². The summed E-state index contributed by atoms with van der Waals surface area (Å²) in [4.78, 5) is 6.22. The molecule has 0 saturated heterocycles. The Morgan fingerprint density at radius 1 is 1.35 bits per heavy atom. The van der Waals surface area contributed by atoms with Crippen LogP contribution in [0.2, 0.25) is 0 Å². The summed E-state index contributed by atoms with van der Waals surface area (Å²) in [6.45, 7) is 0.689. The van der Waals surface area contributed by atoms with Crippen LogP contribution in [0.25, 0.3) is 11.4 Å². The highest BCUT2D eigenvalue weighted by Gasteiger charge is 2.08. The van der Waals surface area contributed by atoms with Crippen molar-refractivity contribution in [2.45, 2.75) is 0 Å². The third-order valence-corrected chi connectivity index (χ3v) is 2.54. The van der Waals surface area contributed by atoms with E-state index in [1.54, 1.807) is 24.3 Å². The van der Waals surface area contributed by atoms with Crippen molar-refractivity contribution in [3.05, 3.63) is 24.3 Å². The minimum absolute atomic E-state index is 0.229. The molecule has 0 saturated carbocycles. The van der Waals surface area contributed by atoms with Crippen molar-refractivity contribution in [3.8, 4) is 17.1 Å². The lowest BCUT2D eigenvalue weighted by atomic mass is 10.2. The molecular weight excluding hydrogens is 240 g/mol. The fraction of sp³-hybridized carbons (Fsp3) is 0.273. The predicted octanol–water partition coefficient (Wildman–Crippen LogP) is 1.85. The van der Waals surface area contributed by atoms with Gasteiger partial charge in [0.2, 0.25) is 5.95 Å². The van der Waals surface area contributed by atoms with Gasteiger partial charge in [-0.3, -0.25) is 5.10 Å². The lowest BCUT2D eigenvalue weighted by molar-refractivity contribution is 0.475. The van der Waals surface area contributed by atoms with Crippen LogP contribution in [0, 0.1) is 0 Å². The molecular formula is C11H13ClN4O. The van der Waals surface area contributed by atoms with Gasteiger partial charge in [0.15, 0.2) is 5.82 Å². The molecule has 5 nitrogen and oxygen atoms in total. The normalized spacial score (nSPS) is 10.5. The Hall–Kier alpha value is -1.75. The molecule has 2 aromatic rings. The maximum atomic E-state index is 9.20. The second-order valence-corrected chi connectivity index (χ2v) is 4.02. The summed E-state index contributed by atoms with van der Waals surface area (Å²) in [6.07, 6.45) is 0. The van der Waals surface area contributed by atoms with E-state index < -0.39 is 0 Å². The van der Waals surface area contributed by atoms with Crippen LogP contribution in [-0.2, 0) is 0 Å². The van der Waals surface area contributed by atoms with E-state index in [-0.39, 0.29) is 5.75 Å². The zero-order chi connectivity index (χ0) is 12.3. The summed E-state index contributed by atoms with van der Waals surface area (Å²) in [6, 6.07) is 6.78. The molecule has 2 N–H and O–H groups in total. The van der Waals surface area contributed by atoms with E-state index in [2.05, 4.69) is 15.2 Å². The SMILES string of the molecule is CN(CCCl)c1n[nH]c(-c2ccc(O)cc2)n1. The van der Waals surface area contributed by atoms with Gasteiger partial charge in [0.05, 0.1) is 0 Å². The third-order valence-electron chi connectivity index (χ3n) is 2.38. The monoisotopic (exact) mass is 252 g/mol. The molecule has 0 aliphatic heterocycles. The van der Waals surface area contributed by atoms with E-state index in [1.165, 1.54) is 0 Å². The summed E-state index contributed by atoms with van der Waals surface area (Å²) in [5, 5.41) is 16.2. The van der Waals surface area contributed by atoms with Gasteiger partial charge in [-0.1, -0.05) is 0 Å². The van der Waals surface area contributed by atoms with Crippen molar-refractivity contribution in [1.82, 2.24) is 15.2 Å². The molecule has 90 valence electrons. The van der Waals surface area contributed by atoms with Crippen molar-refractivity contribution < 1.29 is 5.11 Å². The lowest BCUT2D eigenvalue weighted by Gasteiger charge is -2.11. The number of alkyl halides is 1. The van der Waals surface area contributed by atoms with Crippen molar-refractivity contribution >= 4 is 17.5 Å². The molecule has 0 aliphatic rings. The van der Waals surface area contributed by atoms with Crippen molar-refractivity contribution in [2.75, 3.05) is 24.4 Å². The molecule has 1 aromatic carbocycles. The molecule has 1 aromatic heterocycles. The van der Waals surface area contributed by atoms with E-state index >= 15 is 0 Å². The smallest absolute Gasteiger partial charge is 0.244 e. The van der Waals surface area contributed by atoms with E-state index in [9.17, 15) is 5.11 Å². The number of aromatic nitrogens is 3. The topological polar surface area (TPSA) is 65.0 Å². The van der Waals surface area contributed by atoms with Gasteiger partial charge in [-0.25, -0.2) is 0 Å². The molecule has 0 fully saturated rings. The van der Waals surface area contributed by atoms with Gasteiger partial charge in [0.25, 0.3) is 0 Å². The number of benzene rings is 1. The summed E-state index contributed by atoms with van der Waals surface area (Å²) in [5.74, 6) is 2.03. The highest BCUT2D eigenvalue weighted by Crippen LogP contribution is 2.19. The second kappa shape index (κ2) is 5.05. The van der Waals surface area contributed by atoms with E-state index in [0.29, 0.717) is 24.2 Å². The second-order valence-electron chi connectivity index (χ2n) is 3.64. The van der Waals surface area contributed by atoms with Gasteiger partial charge in [-0.2, -0.15) is 4.98 Å². The first-order chi connectivity index (χ1) is 8.20. The number of rotatable bonds is 4. The quantitative estimate of drug-likeness (QED) is 0.815. The van der Waals surface area contributed by atoms with Crippen LogP contribution in [0.1, 0.15) is 0 Å². The molecule has 0 bridgehead atoms. The minimum atomic E-state index is 0.229. The molecule has 1 heterocycles. The molecule has 0 aliphatic carbocycles. The van der Waals surface area contributed by atoms with Crippen molar-refractivity contribution in [3.63, 3.8) is 0 Å². The number of nitrogens with zero attached hydrogens (tertiary/aromatic N) is 3. The maximum absolute atomic E-state index is 9.20. The van der Waals surface area contributed by atoms with Crippen LogP contribution in [-0.4, -0.2) is 39.8 Å². The largest absolute Gasteiger partial charge is 0.508 e. The molecule has 0 radical (unpaired) electrons. The number of nitrogens with one attached hydrogen (secondary N) is 1. The summed E-state index contributed by atoms with van der Waals surface area (Å²) >= 11 is 5.65. The van der Waals surface area contributed by atoms with Gasteiger partial charge in [0.1, 0.15) is 5.75 Å². The molecule has 0 amide bonds. The number of phenols is 1. The Morgan fingerprint density at radius 2 is 2.06 bits per heavy atom. The number of aromatic amines is 1.